The van der Waals surface area contributed by atoms with Gasteiger partial charge in [-0.3, -0.25) is 9.51 Å². The fourth-order valence-electron chi connectivity index (χ4n) is 1.36. The van der Waals surface area contributed by atoms with Crippen LogP contribution in [0.2, 0.25) is 0 Å². The summed E-state index contributed by atoms with van der Waals surface area (Å²) in [6.45, 7) is 4.29. The van der Waals surface area contributed by atoms with Gasteiger partial charge in [0.1, 0.15) is 0 Å². The van der Waals surface area contributed by atoms with Crippen LogP contribution < -0.4 is 11.5 Å². The third kappa shape index (κ3) is 3.33. The largest absolute Gasteiger partial charge is 0.438 e. The molecular weight excluding hydrogens is 182 g/mol. The van der Waals surface area contributed by atoms with Gasteiger partial charge >= 0.3 is 5.76 Å². The monoisotopic (exact) mass is 199 g/mol. The summed E-state index contributed by atoms with van der Waals surface area (Å²) in [5.74, 6) is 0.616. The predicted octanol–water partition coefficient (Wildman–Crippen LogP) is 0.669. The Labute approximate surface area is 82.7 Å². The zero-order chi connectivity index (χ0) is 10.6. The summed E-state index contributed by atoms with van der Waals surface area (Å²) in [6, 6.07) is 0.0331. The summed E-state index contributed by atoms with van der Waals surface area (Å²) in [5.41, 5.74) is 5.89. The van der Waals surface area contributed by atoms with Crippen molar-refractivity contribution in [2.45, 2.75) is 39.2 Å². The average Bonchev–Trinajstić information content (AvgIpc) is 2.50. The van der Waals surface area contributed by atoms with Crippen LogP contribution in [0.15, 0.2) is 9.32 Å². The Balaban J connectivity index is 2.41. The Kier molecular flexibility index (Phi) is 3.88. The van der Waals surface area contributed by atoms with Crippen LogP contribution >= 0.6 is 0 Å². The van der Waals surface area contributed by atoms with Gasteiger partial charge in [-0.25, -0.2) is 4.79 Å². The minimum absolute atomic E-state index is 0.0331. The molecule has 3 N–H and O–H groups in total. The number of aromatic nitrogens is 2. The molecule has 0 aromatic carbocycles. The van der Waals surface area contributed by atoms with E-state index in [1.807, 2.05) is 0 Å². The third-order valence-corrected chi connectivity index (χ3v) is 2.34. The summed E-state index contributed by atoms with van der Waals surface area (Å²) in [7, 11) is 0. The van der Waals surface area contributed by atoms with Gasteiger partial charge in [0, 0.05) is 12.5 Å². The molecule has 5 heteroatoms. The van der Waals surface area contributed by atoms with Crippen molar-refractivity contribution in [1.29, 1.82) is 0 Å². The van der Waals surface area contributed by atoms with E-state index < -0.39 is 5.76 Å². The van der Waals surface area contributed by atoms with Crippen molar-refractivity contribution >= 4 is 0 Å². The van der Waals surface area contributed by atoms with E-state index >= 15 is 0 Å². The molecule has 80 valence electrons. The molecule has 5 nitrogen and oxygen atoms in total. The van der Waals surface area contributed by atoms with Crippen molar-refractivity contribution in [3.63, 3.8) is 0 Å². The molecule has 0 saturated carbocycles. The molecule has 2 atom stereocenters. The lowest BCUT2D eigenvalue weighted by Crippen LogP contribution is -2.26. The summed E-state index contributed by atoms with van der Waals surface area (Å²) in [6.07, 6.45) is 2.62. The van der Waals surface area contributed by atoms with Crippen LogP contribution in [-0.4, -0.2) is 16.2 Å². The number of hydrogen-bond donors (Lipinski definition) is 2. The lowest BCUT2D eigenvalue weighted by atomic mass is 9.98. The molecule has 1 aromatic heterocycles. The van der Waals surface area contributed by atoms with E-state index in [1.165, 1.54) is 0 Å². The fraction of sp³-hybridized carbons (Fsp3) is 0.778. The summed E-state index contributed by atoms with van der Waals surface area (Å²) in [5, 5.41) is 3.57. The number of rotatable bonds is 5. The highest BCUT2D eigenvalue weighted by Gasteiger charge is 2.11. The van der Waals surface area contributed by atoms with E-state index in [0.717, 1.165) is 12.8 Å². The molecule has 0 bridgehead atoms. The van der Waals surface area contributed by atoms with Crippen LogP contribution in [-0.2, 0) is 6.42 Å². The SMILES string of the molecule is CCC(C)CC(N)Cc1noc(=O)[nH]1. The minimum atomic E-state index is -0.518. The number of nitrogens with one attached hydrogen (secondary N) is 1. The van der Waals surface area contributed by atoms with Crippen molar-refractivity contribution in [3.05, 3.63) is 16.4 Å². The van der Waals surface area contributed by atoms with Gasteiger partial charge in [-0.1, -0.05) is 25.4 Å². The Morgan fingerprint density at radius 2 is 2.36 bits per heavy atom. The predicted molar refractivity (Wildman–Crippen MR) is 52.9 cm³/mol. The summed E-state index contributed by atoms with van der Waals surface area (Å²) < 4.78 is 4.38. The molecule has 1 aromatic rings. The maximum atomic E-state index is 10.6. The Morgan fingerprint density at radius 3 is 2.86 bits per heavy atom. The first-order valence-corrected chi connectivity index (χ1v) is 4.92. The highest BCUT2D eigenvalue weighted by molar-refractivity contribution is 4.84. The first-order valence-electron chi connectivity index (χ1n) is 4.92. The van der Waals surface area contributed by atoms with E-state index in [0.29, 0.717) is 18.2 Å². The highest BCUT2D eigenvalue weighted by Crippen LogP contribution is 2.10. The van der Waals surface area contributed by atoms with E-state index in [9.17, 15) is 4.79 Å². The second-order valence-electron chi connectivity index (χ2n) is 3.76. The van der Waals surface area contributed by atoms with Crippen molar-refractivity contribution in [1.82, 2.24) is 10.1 Å². The molecule has 0 aliphatic rings. The summed E-state index contributed by atoms with van der Waals surface area (Å²) >= 11 is 0. The Bertz CT molecular complexity index is 318. The van der Waals surface area contributed by atoms with Crippen LogP contribution in [0.3, 0.4) is 0 Å². The number of H-pyrrole nitrogens is 1. The van der Waals surface area contributed by atoms with Crippen molar-refractivity contribution in [2.24, 2.45) is 11.7 Å². The molecular formula is C9H17N3O2. The Hall–Kier alpha value is -1.10. The zero-order valence-electron chi connectivity index (χ0n) is 8.62. The van der Waals surface area contributed by atoms with Gasteiger partial charge < -0.3 is 5.73 Å². The average molecular weight is 199 g/mol. The number of nitrogens with zero attached hydrogens (tertiary/aromatic N) is 1. The van der Waals surface area contributed by atoms with Crippen LogP contribution in [0, 0.1) is 5.92 Å². The van der Waals surface area contributed by atoms with Crippen molar-refractivity contribution in [3.8, 4) is 0 Å². The van der Waals surface area contributed by atoms with Crippen molar-refractivity contribution < 1.29 is 4.52 Å². The lowest BCUT2D eigenvalue weighted by Gasteiger charge is -2.13. The van der Waals surface area contributed by atoms with Gasteiger partial charge in [0.05, 0.1) is 0 Å². The number of aromatic amines is 1. The lowest BCUT2D eigenvalue weighted by molar-refractivity contribution is 0.376. The molecule has 0 fully saturated rings. The van der Waals surface area contributed by atoms with E-state index in [2.05, 4.69) is 28.5 Å². The van der Waals surface area contributed by atoms with Gasteiger partial charge in [0.2, 0.25) is 0 Å². The first kappa shape index (κ1) is 11.0. The second-order valence-corrected chi connectivity index (χ2v) is 3.76. The number of hydrogen-bond acceptors (Lipinski definition) is 4. The van der Waals surface area contributed by atoms with Crippen molar-refractivity contribution in [2.75, 3.05) is 0 Å². The summed E-state index contributed by atoms with van der Waals surface area (Å²) in [4.78, 5) is 13.1. The van der Waals surface area contributed by atoms with Gasteiger partial charge in [-0.05, 0) is 12.3 Å². The molecule has 1 rings (SSSR count). The zero-order valence-corrected chi connectivity index (χ0v) is 8.62. The topological polar surface area (TPSA) is 84.9 Å². The standard InChI is InChI=1S/C9H17N3O2/c1-3-6(2)4-7(10)5-8-11-9(13)14-12-8/h6-7H,3-5,10H2,1-2H3,(H,11,12,13). The second kappa shape index (κ2) is 4.95. The Morgan fingerprint density at radius 1 is 1.64 bits per heavy atom. The maximum absolute atomic E-state index is 10.6. The molecule has 0 radical (unpaired) electrons. The first-order chi connectivity index (χ1) is 6.61. The molecule has 14 heavy (non-hydrogen) atoms. The molecule has 0 aliphatic heterocycles. The van der Waals surface area contributed by atoms with Crippen LogP contribution in [0.25, 0.3) is 0 Å². The van der Waals surface area contributed by atoms with Crippen LogP contribution in [0.5, 0.6) is 0 Å². The molecule has 0 spiro atoms. The van der Waals surface area contributed by atoms with Gasteiger partial charge in [0.25, 0.3) is 0 Å². The third-order valence-electron chi connectivity index (χ3n) is 2.34. The van der Waals surface area contributed by atoms with Gasteiger partial charge in [-0.2, -0.15) is 0 Å². The van der Waals surface area contributed by atoms with E-state index in [4.69, 9.17) is 5.73 Å². The minimum Gasteiger partial charge on any atom is -0.327 e. The molecule has 0 saturated heterocycles. The quantitative estimate of drug-likeness (QED) is 0.729. The number of nitrogens with two attached hydrogens (primary N) is 1. The van der Waals surface area contributed by atoms with Crippen LogP contribution in [0.1, 0.15) is 32.5 Å². The van der Waals surface area contributed by atoms with Crippen LogP contribution in [0.4, 0.5) is 0 Å². The highest BCUT2D eigenvalue weighted by atomic mass is 16.5. The molecule has 0 amide bonds. The van der Waals surface area contributed by atoms with Gasteiger partial charge in [0.15, 0.2) is 5.82 Å². The smallest absolute Gasteiger partial charge is 0.327 e. The van der Waals surface area contributed by atoms with E-state index in [1.54, 1.807) is 0 Å². The van der Waals surface area contributed by atoms with Gasteiger partial charge in [-0.15, -0.1) is 0 Å². The molecule has 0 aliphatic carbocycles. The van der Waals surface area contributed by atoms with E-state index in [-0.39, 0.29) is 6.04 Å². The fourth-order valence-corrected chi connectivity index (χ4v) is 1.36. The molecule has 1 heterocycles. The maximum Gasteiger partial charge on any atom is 0.438 e. The normalized spacial score (nSPS) is 15.4. The molecule has 2 unspecified atom stereocenters.